The second kappa shape index (κ2) is 40.0. The molecule has 0 saturated heterocycles. The van der Waals surface area contributed by atoms with E-state index in [1.807, 2.05) is 36.4 Å². The van der Waals surface area contributed by atoms with E-state index in [0.717, 1.165) is 22.4 Å². The van der Waals surface area contributed by atoms with Crippen molar-refractivity contribution in [2.24, 2.45) is 0 Å². The van der Waals surface area contributed by atoms with Gasteiger partial charge in [0.05, 0.1) is 0 Å². The van der Waals surface area contributed by atoms with Gasteiger partial charge >= 0.3 is 0 Å². The van der Waals surface area contributed by atoms with Crippen molar-refractivity contribution in [3.63, 3.8) is 0 Å². The second-order valence-electron chi connectivity index (χ2n) is 4.38. The Labute approximate surface area is 200 Å². The number of halogens is 2. The molecule has 0 saturated carbocycles. The summed E-state index contributed by atoms with van der Waals surface area (Å²) in [5.41, 5.74) is 9.22. The monoisotopic (exact) mass is 584 g/mol. The molecular weight excluding hydrogens is 544 g/mol. The largest absolute Gasteiger partial charge is 0.699 e. The normalized spacial score (nSPS) is 8.27. The van der Waals surface area contributed by atoms with E-state index in [1.165, 1.54) is 18.4 Å². The number of benzene rings is 1. The molecule has 0 atom stereocenters. The molecule has 157 valence electrons. The number of unbranched alkanes of at least 4 members (excludes halogenated alkanes) is 1. The third-order valence-corrected chi connectivity index (χ3v) is 2.36. The van der Waals surface area contributed by atoms with Crippen LogP contribution in [0.4, 0.5) is 5.69 Å². The summed E-state index contributed by atoms with van der Waals surface area (Å²) in [4.78, 5) is 0. The third-order valence-electron chi connectivity index (χ3n) is 2.36. The molecule has 0 unspecified atom stereocenters. The van der Waals surface area contributed by atoms with Crippen LogP contribution in [-0.2, 0) is 32.3 Å². The van der Waals surface area contributed by atoms with Gasteiger partial charge in [0.15, 0.2) is 0 Å². The Hall–Kier alpha value is 0.167. The van der Waals surface area contributed by atoms with Gasteiger partial charge in [-0.1, -0.05) is 50.7 Å². The Morgan fingerprint density at radius 2 is 1.46 bits per heavy atom. The van der Waals surface area contributed by atoms with Gasteiger partial charge < -0.3 is 35.4 Å². The fraction of sp³-hybridized carbons (Fsp3) is 0.333. The number of hydrogen-bond donors (Lipinski definition) is 0. The average Bonchev–Trinajstić information content (AvgIpc) is 2.98. The van der Waals surface area contributed by atoms with Gasteiger partial charge in [-0.3, -0.25) is 6.08 Å². The summed E-state index contributed by atoms with van der Waals surface area (Å²) in [5.74, 6) is 0. The first-order valence-corrected chi connectivity index (χ1v) is 9.31. The summed E-state index contributed by atoms with van der Waals surface area (Å²) in [6.45, 7) is 6.61. The van der Waals surface area contributed by atoms with Gasteiger partial charge in [-0.25, -0.2) is 12.2 Å². The van der Waals surface area contributed by atoms with Crippen molar-refractivity contribution in [3.05, 3.63) is 89.6 Å². The number of rotatable bonds is 3. The summed E-state index contributed by atoms with van der Waals surface area (Å²) in [6.07, 6.45) is 13.6. The minimum Gasteiger partial charge on any atom is -0.699 e. The molecule has 1 aliphatic rings. The molecular formula is C21H40Cl2HfNSi-6. The van der Waals surface area contributed by atoms with E-state index in [9.17, 15) is 0 Å². The maximum atomic E-state index is 7.27. The van der Waals surface area contributed by atoms with Crippen molar-refractivity contribution >= 4 is 40.0 Å². The first-order chi connectivity index (χ1) is 9.24. The first kappa shape index (κ1) is 50.2. The van der Waals surface area contributed by atoms with Crippen LogP contribution >= 0.6 is 24.8 Å². The van der Waals surface area contributed by atoms with E-state index in [1.54, 1.807) is 0 Å². The number of hydrogen-bond acceptors (Lipinski definition) is 0. The van der Waals surface area contributed by atoms with Crippen LogP contribution in [0.15, 0.2) is 42.5 Å². The second-order valence-corrected chi connectivity index (χ2v) is 5.54. The molecule has 1 aromatic rings. The van der Waals surface area contributed by atoms with Crippen LogP contribution in [0, 0.1) is 35.8 Å². The van der Waals surface area contributed by atoms with Gasteiger partial charge in [0.2, 0.25) is 0 Å². The fourth-order valence-corrected chi connectivity index (χ4v) is 1.39. The molecule has 0 aliphatic heterocycles. The van der Waals surface area contributed by atoms with Crippen LogP contribution in [0.3, 0.4) is 0 Å². The standard InChI is InChI=1S/C10H14N.C5H5.C2H7Si.4CH3.2ClH.Hf/c1-2-3-4-9-5-7-10(11)8-6-9;1-2-4-5-3-1;1-3-2;;;;;;;/h5-8,11H,2-4H2,1H3;1-3H,4H2;3H,1-2H3;4*1H3;2*1H;/q2*-1;;4*-1;;;. The summed E-state index contributed by atoms with van der Waals surface area (Å²) in [7, 11) is 0.750. The SMILES string of the molecule is CCCCc1ccc([NH-])cc1.C[SiH]C.Cl.Cl.[C-]1=CC=CC1.[CH3-].[CH3-].[CH3-].[CH3-].[Hf]. The van der Waals surface area contributed by atoms with Crippen LogP contribution in [0.5, 0.6) is 0 Å². The van der Waals surface area contributed by atoms with Gasteiger partial charge in [-0.15, -0.1) is 36.9 Å². The van der Waals surface area contributed by atoms with E-state index >= 15 is 0 Å². The molecule has 0 spiro atoms. The number of nitrogens with one attached hydrogen (secondary N) is 1. The smallest absolute Gasteiger partial charge is 0.0213 e. The van der Waals surface area contributed by atoms with E-state index in [0.29, 0.717) is 5.69 Å². The van der Waals surface area contributed by atoms with Crippen molar-refractivity contribution in [2.45, 2.75) is 45.7 Å². The van der Waals surface area contributed by atoms with Crippen molar-refractivity contribution in [1.82, 2.24) is 0 Å². The van der Waals surface area contributed by atoms with Crippen molar-refractivity contribution in [2.75, 3.05) is 0 Å². The van der Waals surface area contributed by atoms with Crippen LogP contribution in [0.1, 0.15) is 31.7 Å². The predicted molar refractivity (Wildman–Crippen MR) is 130 cm³/mol. The van der Waals surface area contributed by atoms with E-state index in [4.69, 9.17) is 5.73 Å². The maximum absolute atomic E-state index is 7.27. The molecule has 1 aliphatic carbocycles. The Balaban J connectivity index is -0.0000000318. The summed E-state index contributed by atoms with van der Waals surface area (Å²) in [5, 5.41) is 0. The quantitative estimate of drug-likeness (QED) is 0.253. The zero-order chi connectivity index (χ0) is 14.3. The van der Waals surface area contributed by atoms with E-state index < -0.39 is 0 Å². The fourth-order valence-electron chi connectivity index (χ4n) is 1.39. The van der Waals surface area contributed by atoms with Crippen LogP contribution in [0.25, 0.3) is 5.73 Å². The first-order valence-electron chi connectivity index (χ1n) is 7.00. The molecule has 0 bridgehead atoms. The molecule has 1 aromatic carbocycles. The molecule has 1 N–H and O–H groups in total. The van der Waals surface area contributed by atoms with Gasteiger partial charge in [0, 0.05) is 35.4 Å². The van der Waals surface area contributed by atoms with E-state index in [2.05, 4.69) is 32.2 Å². The predicted octanol–water partition coefficient (Wildman–Crippen LogP) is 8.18. The van der Waals surface area contributed by atoms with Gasteiger partial charge in [-0.2, -0.15) is 6.08 Å². The average molecular weight is 584 g/mol. The van der Waals surface area contributed by atoms with Crippen molar-refractivity contribution in [3.8, 4) is 0 Å². The third kappa shape index (κ3) is 35.3. The minimum atomic E-state index is 0. The molecule has 0 heterocycles. The molecule has 5 heteroatoms. The van der Waals surface area contributed by atoms with Gasteiger partial charge in [0.25, 0.3) is 0 Å². The molecule has 0 aromatic heterocycles. The molecule has 0 fully saturated rings. The summed E-state index contributed by atoms with van der Waals surface area (Å²) in [6, 6.07) is 7.78. The summed E-state index contributed by atoms with van der Waals surface area (Å²) < 4.78 is 0. The van der Waals surface area contributed by atoms with Crippen LogP contribution < -0.4 is 0 Å². The Morgan fingerprint density at radius 1 is 1.00 bits per heavy atom. The van der Waals surface area contributed by atoms with E-state index in [-0.39, 0.29) is 80.4 Å². The molecule has 26 heavy (non-hydrogen) atoms. The van der Waals surface area contributed by atoms with Gasteiger partial charge in [0.1, 0.15) is 0 Å². The van der Waals surface area contributed by atoms with Crippen molar-refractivity contribution < 1.29 is 25.8 Å². The van der Waals surface area contributed by atoms with Gasteiger partial charge in [-0.05, 0) is 18.4 Å². The molecule has 1 nitrogen and oxygen atoms in total. The van der Waals surface area contributed by atoms with Crippen molar-refractivity contribution in [1.29, 1.82) is 0 Å². The zero-order valence-electron chi connectivity index (χ0n) is 17.8. The van der Waals surface area contributed by atoms with Crippen LogP contribution in [0.2, 0.25) is 13.1 Å². The number of aryl methyl sites for hydroxylation is 1. The Kier molecular flexibility index (Phi) is 77.3. The molecule has 2 rings (SSSR count). The maximum Gasteiger partial charge on any atom is 0.0213 e. The molecule has 0 amide bonds. The molecule has 1 radical (unpaired) electrons. The Bertz CT molecular complexity index is 359. The Morgan fingerprint density at radius 3 is 1.73 bits per heavy atom. The number of allylic oxidation sites excluding steroid dienone is 4. The summed E-state index contributed by atoms with van der Waals surface area (Å²) >= 11 is 0. The van der Waals surface area contributed by atoms with Crippen LogP contribution in [-0.4, -0.2) is 9.52 Å². The zero-order valence-corrected chi connectivity index (χ0v) is 24.1. The topological polar surface area (TPSA) is 23.8 Å². The minimum absolute atomic E-state index is 0.